The molecule has 2 unspecified atom stereocenters. The number of benzene rings is 2. The van der Waals surface area contributed by atoms with Crippen molar-refractivity contribution in [3.05, 3.63) is 59.2 Å². The van der Waals surface area contributed by atoms with E-state index in [-0.39, 0.29) is 16.2 Å². The topological polar surface area (TPSA) is 58.6 Å². The van der Waals surface area contributed by atoms with E-state index in [9.17, 15) is 4.79 Å². The minimum Gasteiger partial charge on any atom is -0.480 e. The molecule has 0 radical (unpaired) electrons. The van der Waals surface area contributed by atoms with Crippen LogP contribution in [0.5, 0.6) is 11.5 Å². The van der Waals surface area contributed by atoms with Gasteiger partial charge in [-0.05, 0) is 40.2 Å². The van der Waals surface area contributed by atoms with Crippen LogP contribution in [0.4, 0.5) is 0 Å². The van der Waals surface area contributed by atoms with Crippen LogP contribution in [0.2, 0.25) is 0 Å². The second-order valence-corrected chi connectivity index (χ2v) is 10.8. The molecule has 0 aliphatic carbocycles. The van der Waals surface area contributed by atoms with E-state index in [1.54, 1.807) is 11.8 Å². The largest absolute Gasteiger partial charge is 0.480 e. The molecule has 156 valence electrons. The van der Waals surface area contributed by atoms with Crippen LogP contribution in [0, 0.1) is 0 Å². The molecular weight excluding hydrogens is 382 g/mol. The van der Waals surface area contributed by atoms with Crippen molar-refractivity contribution in [2.24, 2.45) is 0 Å². The molecule has 0 spiro atoms. The number of carboxylic acid groups (broad SMARTS) is 1. The second kappa shape index (κ2) is 8.04. The van der Waals surface area contributed by atoms with Gasteiger partial charge in [0.25, 0.3) is 0 Å². The lowest BCUT2D eigenvalue weighted by molar-refractivity contribution is -0.138. The number of ether oxygens (including phenoxy) is 1. The Kier molecular flexibility index (Phi) is 6.02. The zero-order valence-corrected chi connectivity index (χ0v) is 18.9. The summed E-state index contributed by atoms with van der Waals surface area (Å²) in [5.41, 5.74) is 3.59. The maximum Gasteiger partial charge on any atom is 0.321 e. The Labute approximate surface area is 178 Å². The highest BCUT2D eigenvalue weighted by atomic mass is 32.2. The number of hydrogen-bond acceptors (Lipinski definition) is 4. The Hall–Kier alpha value is -1.98. The minimum atomic E-state index is -0.798. The minimum absolute atomic E-state index is 0.00125. The highest BCUT2D eigenvalue weighted by molar-refractivity contribution is 7.99. The van der Waals surface area contributed by atoms with Crippen molar-refractivity contribution >= 4 is 17.7 Å². The van der Waals surface area contributed by atoms with Crippen LogP contribution in [0.1, 0.15) is 63.6 Å². The standard InChI is InChI=1S/C24H31NO3S/c1-23(2,3)16-9-12-20(18(13-16)24(4,5)6)28-17-10-7-15(8-11-17)21-25-19(14-29-21)22(26)27/h7-13,19,21,25H,14H2,1-6H3,(H,26,27). The summed E-state index contributed by atoms with van der Waals surface area (Å²) in [7, 11) is 0. The summed E-state index contributed by atoms with van der Waals surface area (Å²) in [5.74, 6) is 1.43. The Balaban J connectivity index is 1.80. The number of aliphatic carboxylic acids is 1. The Morgan fingerprint density at radius 2 is 1.69 bits per heavy atom. The number of hydrogen-bond donors (Lipinski definition) is 2. The van der Waals surface area contributed by atoms with E-state index in [2.05, 4.69) is 65.1 Å². The van der Waals surface area contributed by atoms with Gasteiger partial charge in [-0.1, -0.05) is 65.8 Å². The molecular formula is C24H31NO3S. The first-order valence-corrected chi connectivity index (χ1v) is 11.0. The molecule has 3 rings (SSSR count). The molecule has 4 nitrogen and oxygen atoms in total. The summed E-state index contributed by atoms with van der Waals surface area (Å²) in [6, 6.07) is 13.9. The molecule has 2 aromatic carbocycles. The molecule has 2 atom stereocenters. The zero-order valence-electron chi connectivity index (χ0n) is 18.1. The van der Waals surface area contributed by atoms with Gasteiger partial charge in [0.15, 0.2) is 0 Å². The molecule has 0 bridgehead atoms. The fourth-order valence-corrected chi connectivity index (χ4v) is 4.55. The van der Waals surface area contributed by atoms with E-state index in [0.717, 1.165) is 17.1 Å². The Bertz CT molecular complexity index is 878. The summed E-state index contributed by atoms with van der Waals surface area (Å²) in [6.07, 6.45) is 0. The van der Waals surface area contributed by atoms with Gasteiger partial charge in [0, 0.05) is 11.3 Å². The van der Waals surface area contributed by atoms with Crippen molar-refractivity contribution in [3.63, 3.8) is 0 Å². The summed E-state index contributed by atoms with van der Waals surface area (Å²) in [6.45, 7) is 13.3. The van der Waals surface area contributed by atoms with Crippen molar-refractivity contribution in [2.75, 3.05) is 5.75 Å². The van der Waals surface area contributed by atoms with E-state index in [1.807, 2.05) is 24.3 Å². The van der Waals surface area contributed by atoms with E-state index in [1.165, 1.54) is 11.1 Å². The van der Waals surface area contributed by atoms with Crippen LogP contribution in [-0.4, -0.2) is 22.9 Å². The summed E-state index contributed by atoms with van der Waals surface area (Å²) < 4.78 is 6.26. The second-order valence-electron chi connectivity index (χ2n) is 9.65. The molecule has 2 aromatic rings. The first-order valence-electron chi connectivity index (χ1n) is 9.98. The van der Waals surface area contributed by atoms with Gasteiger partial charge in [-0.15, -0.1) is 11.8 Å². The van der Waals surface area contributed by atoms with E-state index < -0.39 is 12.0 Å². The summed E-state index contributed by atoms with van der Waals surface area (Å²) in [5, 5.41) is 12.3. The van der Waals surface area contributed by atoms with Gasteiger partial charge in [-0.25, -0.2) is 0 Å². The van der Waals surface area contributed by atoms with Crippen molar-refractivity contribution in [2.45, 2.75) is 63.8 Å². The Morgan fingerprint density at radius 1 is 1.03 bits per heavy atom. The molecule has 5 heteroatoms. The molecule has 0 amide bonds. The van der Waals surface area contributed by atoms with Gasteiger partial charge in [0.05, 0.1) is 5.37 Å². The molecule has 1 aliphatic heterocycles. The molecule has 2 N–H and O–H groups in total. The molecule has 0 aromatic heterocycles. The number of nitrogens with one attached hydrogen (secondary N) is 1. The molecule has 29 heavy (non-hydrogen) atoms. The van der Waals surface area contributed by atoms with Crippen LogP contribution in [-0.2, 0) is 15.6 Å². The van der Waals surface area contributed by atoms with Gasteiger partial charge < -0.3 is 9.84 Å². The zero-order chi connectivity index (χ0) is 21.4. The normalized spacial score (nSPS) is 19.9. The molecule has 1 aliphatic rings. The van der Waals surface area contributed by atoms with Gasteiger partial charge in [-0.2, -0.15) is 0 Å². The summed E-state index contributed by atoms with van der Waals surface area (Å²) in [4.78, 5) is 11.1. The van der Waals surface area contributed by atoms with Crippen LogP contribution >= 0.6 is 11.8 Å². The average molecular weight is 414 g/mol. The average Bonchev–Trinajstić information content (AvgIpc) is 3.11. The smallest absolute Gasteiger partial charge is 0.321 e. The molecule has 1 fully saturated rings. The fraction of sp³-hybridized carbons (Fsp3) is 0.458. The van der Waals surface area contributed by atoms with Crippen LogP contribution < -0.4 is 10.1 Å². The predicted molar refractivity (Wildman–Crippen MR) is 120 cm³/mol. The quantitative estimate of drug-likeness (QED) is 0.657. The van der Waals surface area contributed by atoms with Crippen LogP contribution in [0.15, 0.2) is 42.5 Å². The van der Waals surface area contributed by atoms with Gasteiger partial charge in [0.1, 0.15) is 17.5 Å². The lowest BCUT2D eigenvalue weighted by Crippen LogP contribution is -2.33. The van der Waals surface area contributed by atoms with E-state index in [4.69, 9.17) is 9.84 Å². The van der Waals surface area contributed by atoms with E-state index in [0.29, 0.717) is 5.75 Å². The Morgan fingerprint density at radius 3 is 2.21 bits per heavy atom. The highest BCUT2D eigenvalue weighted by Crippen LogP contribution is 2.38. The molecule has 1 heterocycles. The number of carboxylic acids is 1. The van der Waals surface area contributed by atoms with Crippen molar-refractivity contribution in [3.8, 4) is 11.5 Å². The van der Waals surface area contributed by atoms with Crippen molar-refractivity contribution in [1.82, 2.24) is 5.32 Å². The third-order valence-corrected chi connectivity index (χ3v) is 6.41. The summed E-state index contributed by atoms with van der Waals surface area (Å²) >= 11 is 1.62. The van der Waals surface area contributed by atoms with Crippen LogP contribution in [0.3, 0.4) is 0 Å². The SMILES string of the molecule is CC(C)(C)c1ccc(Oc2ccc(C3NC(C(=O)O)CS3)cc2)c(C(C)(C)C)c1. The third kappa shape index (κ3) is 5.14. The van der Waals surface area contributed by atoms with Gasteiger partial charge >= 0.3 is 5.97 Å². The maximum absolute atomic E-state index is 11.1. The number of carbonyl (C=O) groups is 1. The molecule has 0 saturated carbocycles. The lowest BCUT2D eigenvalue weighted by Gasteiger charge is -2.27. The number of rotatable bonds is 4. The monoisotopic (exact) mass is 413 g/mol. The van der Waals surface area contributed by atoms with Gasteiger partial charge in [-0.3, -0.25) is 10.1 Å². The lowest BCUT2D eigenvalue weighted by atomic mass is 9.80. The number of thioether (sulfide) groups is 1. The van der Waals surface area contributed by atoms with E-state index >= 15 is 0 Å². The third-order valence-electron chi connectivity index (χ3n) is 5.14. The predicted octanol–water partition coefficient (Wildman–Crippen LogP) is 5.86. The van der Waals surface area contributed by atoms with Crippen LogP contribution in [0.25, 0.3) is 0 Å². The maximum atomic E-state index is 11.1. The first kappa shape index (κ1) is 21.7. The van der Waals surface area contributed by atoms with Gasteiger partial charge in [0.2, 0.25) is 0 Å². The first-order chi connectivity index (χ1) is 13.4. The van der Waals surface area contributed by atoms with Crippen molar-refractivity contribution < 1.29 is 14.6 Å². The van der Waals surface area contributed by atoms with Crippen molar-refractivity contribution in [1.29, 1.82) is 0 Å². The molecule has 1 saturated heterocycles. The highest BCUT2D eigenvalue weighted by Gasteiger charge is 2.30. The fourth-order valence-electron chi connectivity index (χ4n) is 3.32.